The van der Waals surface area contributed by atoms with E-state index in [2.05, 4.69) is 26.1 Å². The van der Waals surface area contributed by atoms with Crippen molar-refractivity contribution in [2.45, 2.75) is 6.92 Å². The Bertz CT molecular complexity index is 811. The van der Waals surface area contributed by atoms with Gasteiger partial charge in [-0.1, -0.05) is 45.7 Å². The van der Waals surface area contributed by atoms with Crippen molar-refractivity contribution in [1.82, 2.24) is 10.2 Å². The summed E-state index contributed by atoms with van der Waals surface area (Å²) < 4.78 is 0.999. The molecule has 2 aromatic carbocycles. The number of nitrogens with two attached hydrogens (primary N) is 1. The zero-order chi connectivity index (χ0) is 15.0. The number of H-pyrrole nitrogens is 1. The van der Waals surface area contributed by atoms with Crippen molar-refractivity contribution in [2.24, 2.45) is 0 Å². The Morgan fingerprint density at radius 3 is 2.67 bits per heavy atom. The molecule has 1 heterocycles. The number of halogens is 2. The lowest BCUT2D eigenvalue weighted by Crippen LogP contribution is -1.89. The molecule has 0 saturated carbocycles. The van der Waals surface area contributed by atoms with Gasteiger partial charge in [0.1, 0.15) is 0 Å². The molecule has 0 fully saturated rings. The van der Waals surface area contributed by atoms with E-state index in [-0.39, 0.29) is 0 Å². The molecule has 0 saturated heterocycles. The summed E-state index contributed by atoms with van der Waals surface area (Å²) >= 11 is 9.58. The molecular formula is C16H13BrClN3. The van der Waals surface area contributed by atoms with Gasteiger partial charge in [0.25, 0.3) is 0 Å². The molecule has 3 nitrogen and oxygen atoms in total. The minimum Gasteiger partial charge on any atom is -0.382 e. The van der Waals surface area contributed by atoms with Gasteiger partial charge < -0.3 is 5.73 Å². The number of anilines is 1. The Balaban J connectivity index is 2.19. The predicted octanol–water partition coefficient (Wildman–Crippen LogP) is 5.05. The van der Waals surface area contributed by atoms with Crippen LogP contribution < -0.4 is 5.73 Å². The Morgan fingerprint density at radius 2 is 1.95 bits per heavy atom. The van der Waals surface area contributed by atoms with Gasteiger partial charge in [0, 0.05) is 15.1 Å². The summed E-state index contributed by atoms with van der Waals surface area (Å²) in [6.07, 6.45) is 0. The van der Waals surface area contributed by atoms with Crippen LogP contribution in [0.3, 0.4) is 0 Å². The normalized spacial score (nSPS) is 10.8. The first kappa shape index (κ1) is 14.2. The van der Waals surface area contributed by atoms with Crippen LogP contribution in [0.15, 0.2) is 46.9 Å². The number of aromatic amines is 1. The Morgan fingerprint density at radius 1 is 1.14 bits per heavy atom. The second kappa shape index (κ2) is 5.54. The van der Waals surface area contributed by atoms with Crippen LogP contribution in [0.5, 0.6) is 0 Å². The van der Waals surface area contributed by atoms with Gasteiger partial charge in [-0.15, -0.1) is 0 Å². The van der Waals surface area contributed by atoms with Gasteiger partial charge in [-0.25, -0.2) is 0 Å². The fraction of sp³-hybridized carbons (Fsp3) is 0.0625. The highest BCUT2D eigenvalue weighted by atomic mass is 79.9. The van der Waals surface area contributed by atoms with Gasteiger partial charge in [0.2, 0.25) is 0 Å². The molecule has 0 spiro atoms. The molecule has 1 aromatic heterocycles. The van der Waals surface area contributed by atoms with Crippen molar-refractivity contribution in [3.8, 4) is 22.4 Å². The number of aromatic nitrogens is 2. The van der Waals surface area contributed by atoms with Gasteiger partial charge in [-0.2, -0.15) is 5.10 Å². The molecule has 3 aromatic rings. The first-order chi connectivity index (χ1) is 10.1. The van der Waals surface area contributed by atoms with Crippen LogP contribution >= 0.6 is 27.5 Å². The molecule has 5 heteroatoms. The maximum absolute atomic E-state index is 6.09. The maximum atomic E-state index is 6.09. The zero-order valence-electron chi connectivity index (χ0n) is 11.3. The molecule has 0 unspecified atom stereocenters. The highest BCUT2D eigenvalue weighted by Crippen LogP contribution is 2.36. The number of hydrogen-bond donors (Lipinski definition) is 2. The third-order valence-corrected chi connectivity index (χ3v) is 4.27. The topological polar surface area (TPSA) is 54.7 Å². The van der Waals surface area contributed by atoms with E-state index < -0.39 is 0 Å². The number of nitrogen functional groups attached to an aromatic ring is 1. The summed E-state index contributed by atoms with van der Waals surface area (Å²) in [6.45, 7) is 1.98. The number of nitrogens with zero attached hydrogens (tertiary/aromatic N) is 1. The summed E-state index contributed by atoms with van der Waals surface area (Å²) in [5, 5.41) is 7.92. The van der Waals surface area contributed by atoms with Crippen LogP contribution in [0.2, 0.25) is 5.02 Å². The maximum Gasteiger partial charge on any atom is 0.153 e. The fourth-order valence-electron chi connectivity index (χ4n) is 2.30. The van der Waals surface area contributed by atoms with E-state index in [0.29, 0.717) is 5.82 Å². The molecule has 3 rings (SSSR count). The van der Waals surface area contributed by atoms with E-state index in [1.165, 1.54) is 0 Å². The van der Waals surface area contributed by atoms with E-state index in [4.69, 9.17) is 17.3 Å². The molecule has 0 amide bonds. The third kappa shape index (κ3) is 2.69. The van der Waals surface area contributed by atoms with E-state index in [9.17, 15) is 0 Å². The molecule has 21 heavy (non-hydrogen) atoms. The molecule has 0 aliphatic rings. The molecule has 0 radical (unpaired) electrons. The van der Waals surface area contributed by atoms with Gasteiger partial charge in [-0.3, -0.25) is 5.10 Å². The second-order valence-electron chi connectivity index (χ2n) is 4.83. The minimum absolute atomic E-state index is 0.482. The lowest BCUT2D eigenvalue weighted by molar-refractivity contribution is 1.10. The lowest BCUT2D eigenvalue weighted by Gasteiger charge is -2.07. The van der Waals surface area contributed by atoms with Crippen LogP contribution in [0, 0.1) is 6.92 Å². The van der Waals surface area contributed by atoms with E-state index in [1.54, 1.807) is 0 Å². The van der Waals surface area contributed by atoms with Gasteiger partial charge >= 0.3 is 0 Å². The van der Waals surface area contributed by atoms with E-state index >= 15 is 0 Å². The van der Waals surface area contributed by atoms with Crippen molar-refractivity contribution in [3.63, 3.8) is 0 Å². The van der Waals surface area contributed by atoms with Crippen LogP contribution in [0.25, 0.3) is 22.4 Å². The molecule has 0 aliphatic carbocycles. The van der Waals surface area contributed by atoms with Crippen LogP contribution in [-0.4, -0.2) is 10.2 Å². The number of nitrogens with one attached hydrogen (secondary N) is 1. The van der Waals surface area contributed by atoms with Crippen molar-refractivity contribution in [3.05, 3.63) is 57.5 Å². The molecule has 106 valence electrons. The number of benzene rings is 2. The minimum atomic E-state index is 0.482. The Kier molecular flexibility index (Phi) is 3.74. The zero-order valence-corrected chi connectivity index (χ0v) is 13.7. The Labute approximate surface area is 136 Å². The quantitative estimate of drug-likeness (QED) is 0.670. The van der Waals surface area contributed by atoms with Crippen molar-refractivity contribution in [2.75, 3.05) is 5.73 Å². The smallest absolute Gasteiger partial charge is 0.153 e. The van der Waals surface area contributed by atoms with E-state index in [0.717, 1.165) is 37.4 Å². The van der Waals surface area contributed by atoms with Crippen molar-refractivity contribution in [1.29, 1.82) is 0 Å². The second-order valence-corrected chi connectivity index (χ2v) is 6.16. The fourth-order valence-corrected chi connectivity index (χ4v) is 2.82. The monoisotopic (exact) mass is 361 g/mol. The number of rotatable bonds is 2. The molecular weight excluding hydrogens is 350 g/mol. The van der Waals surface area contributed by atoms with E-state index in [1.807, 2.05) is 49.4 Å². The van der Waals surface area contributed by atoms with Crippen LogP contribution in [-0.2, 0) is 0 Å². The summed E-state index contributed by atoms with van der Waals surface area (Å²) in [5.74, 6) is 0.482. The predicted molar refractivity (Wildman–Crippen MR) is 91.3 cm³/mol. The first-order valence-electron chi connectivity index (χ1n) is 6.42. The summed E-state index contributed by atoms with van der Waals surface area (Å²) in [5.41, 5.74) is 10.9. The number of hydrogen-bond acceptors (Lipinski definition) is 2. The Hall–Kier alpha value is -1.78. The molecule has 0 atom stereocenters. The summed E-state index contributed by atoms with van der Waals surface area (Å²) in [7, 11) is 0. The molecule has 0 aliphatic heterocycles. The average molecular weight is 363 g/mol. The van der Waals surface area contributed by atoms with Crippen molar-refractivity contribution < 1.29 is 0 Å². The average Bonchev–Trinajstić information content (AvgIpc) is 2.84. The molecule has 0 bridgehead atoms. The first-order valence-corrected chi connectivity index (χ1v) is 7.59. The standard InChI is InChI=1S/C16H13BrClN3/c1-9-7-11(5-6-13(9)18)15-14(16(19)21-20-15)10-3-2-4-12(17)8-10/h2-8H,1H3,(H3,19,20,21). The number of aryl methyl sites for hydroxylation is 1. The van der Waals surface area contributed by atoms with Crippen molar-refractivity contribution >= 4 is 33.3 Å². The van der Waals surface area contributed by atoms with Gasteiger partial charge in [0.15, 0.2) is 5.82 Å². The van der Waals surface area contributed by atoms with Crippen LogP contribution in [0.1, 0.15) is 5.56 Å². The summed E-state index contributed by atoms with van der Waals surface area (Å²) in [4.78, 5) is 0. The summed E-state index contributed by atoms with van der Waals surface area (Å²) in [6, 6.07) is 13.9. The highest BCUT2D eigenvalue weighted by Gasteiger charge is 2.15. The van der Waals surface area contributed by atoms with Crippen LogP contribution in [0.4, 0.5) is 5.82 Å². The lowest BCUT2D eigenvalue weighted by atomic mass is 10.00. The van der Waals surface area contributed by atoms with Gasteiger partial charge in [-0.05, 0) is 42.3 Å². The highest BCUT2D eigenvalue weighted by molar-refractivity contribution is 9.10. The SMILES string of the molecule is Cc1cc(-c2[nH]nc(N)c2-c2cccc(Br)c2)ccc1Cl. The van der Waals surface area contributed by atoms with Gasteiger partial charge in [0.05, 0.1) is 11.3 Å². The largest absolute Gasteiger partial charge is 0.382 e. The third-order valence-electron chi connectivity index (χ3n) is 3.35. The molecule has 3 N–H and O–H groups in total.